The molecule has 3 aliphatic rings. The summed E-state index contributed by atoms with van der Waals surface area (Å²) < 4.78 is 13.0. The van der Waals surface area contributed by atoms with E-state index in [2.05, 4.69) is 6.92 Å². The number of benzene rings is 2. The van der Waals surface area contributed by atoms with Crippen LogP contribution in [0.5, 0.6) is 11.5 Å². The number of para-hydroxylation sites is 1. The number of carbonyl (C=O) groups excluding carboxylic acids is 1. The fourth-order valence-electron chi connectivity index (χ4n) is 5.28. The fourth-order valence-corrected chi connectivity index (χ4v) is 5.28. The number of rotatable bonds is 10. The summed E-state index contributed by atoms with van der Waals surface area (Å²) in [6.45, 7) is 7.68. The molecule has 3 saturated heterocycles. The third-order valence-electron chi connectivity index (χ3n) is 7.18. The minimum absolute atomic E-state index is 0.0140. The number of nitrogens with zero attached hydrogens (tertiary/aromatic N) is 2. The van der Waals surface area contributed by atoms with Crippen LogP contribution in [0.1, 0.15) is 39.0 Å². The van der Waals surface area contributed by atoms with E-state index in [1.54, 1.807) is 23.1 Å². The Kier molecular flexibility index (Phi) is 7.76. The predicted molar refractivity (Wildman–Crippen MR) is 130 cm³/mol. The minimum Gasteiger partial charge on any atom is -0.508 e. The van der Waals surface area contributed by atoms with Crippen LogP contribution in [0.2, 0.25) is 0 Å². The van der Waals surface area contributed by atoms with Crippen molar-refractivity contribution in [2.45, 2.75) is 45.1 Å². The molecule has 0 unspecified atom stereocenters. The summed E-state index contributed by atoms with van der Waals surface area (Å²) in [5.74, 6) is 1.40. The van der Waals surface area contributed by atoms with Crippen LogP contribution >= 0.6 is 0 Å². The first-order valence-electron chi connectivity index (χ1n) is 12.4. The second-order valence-electron chi connectivity index (χ2n) is 9.49. The lowest BCUT2D eigenvalue weighted by Crippen LogP contribution is -2.65. The van der Waals surface area contributed by atoms with Gasteiger partial charge < -0.3 is 19.1 Å². The van der Waals surface area contributed by atoms with Crippen molar-refractivity contribution in [1.82, 2.24) is 0 Å². The van der Waals surface area contributed by atoms with Crippen LogP contribution < -0.4 is 9.64 Å². The molecule has 2 bridgehead atoms. The molecule has 3 aliphatic heterocycles. The number of amides is 1. The number of hydrogen-bond acceptors (Lipinski definition) is 4. The number of piperidine rings is 3. The summed E-state index contributed by atoms with van der Waals surface area (Å²) in [6, 6.07) is 16.8. The average Bonchev–Trinajstić information content (AvgIpc) is 2.84. The van der Waals surface area contributed by atoms with Crippen LogP contribution in [-0.4, -0.2) is 61.1 Å². The van der Waals surface area contributed by atoms with E-state index < -0.39 is 0 Å². The molecule has 0 spiro atoms. The molecule has 1 amide bonds. The van der Waals surface area contributed by atoms with Crippen molar-refractivity contribution in [3.05, 3.63) is 54.6 Å². The van der Waals surface area contributed by atoms with Crippen LogP contribution in [0.3, 0.4) is 0 Å². The van der Waals surface area contributed by atoms with Crippen LogP contribution in [0, 0.1) is 5.92 Å². The molecule has 3 heterocycles. The van der Waals surface area contributed by atoms with Crippen molar-refractivity contribution in [2.75, 3.05) is 44.2 Å². The number of hydrogen-bond donors (Lipinski definition) is 1. The van der Waals surface area contributed by atoms with Gasteiger partial charge in [0.15, 0.2) is 6.10 Å². The van der Waals surface area contributed by atoms with E-state index in [-0.39, 0.29) is 17.9 Å². The first-order valence-corrected chi connectivity index (χ1v) is 12.4. The second-order valence-corrected chi connectivity index (χ2v) is 9.49. The molecule has 33 heavy (non-hydrogen) atoms. The van der Waals surface area contributed by atoms with Gasteiger partial charge in [-0.3, -0.25) is 4.90 Å². The highest BCUT2D eigenvalue weighted by Gasteiger charge is 2.47. The Hall–Kier alpha value is -2.73. The molecule has 0 aliphatic carbocycles. The molecule has 6 heteroatoms. The lowest BCUT2D eigenvalue weighted by Gasteiger charge is -2.52. The molecule has 178 valence electrons. The van der Waals surface area contributed by atoms with Gasteiger partial charge in [0.2, 0.25) is 0 Å². The van der Waals surface area contributed by atoms with E-state index in [4.69, 9.17) is 9.47 Å². The standard InChI is InChI=1S/C27H36N2O4/c1-2-3-15-28(23-9-5-4-6-10-23)27(31)33-26-21-29(17-13-22(26)14-18-29)16-8-19-32-25-12-7-11-24(30)20-25/h4-7,9-12,20,22,26H,2-3,8,13-19,21H2,1H3/p+1/t22?,26-,29?/m0/s1. The van der Waals surface area contributed by atoms with Crippen molar-refractivity contribution in [3.63, 3.8) is 0 Å². The zero-order valence-electron chi connectivity index (χ0n) is 19.7. The van der Waals surface area contributed by atoms with E-state index in [1.807, 2.05) is 36.4 Å². The molecule has 0 aromatic heterocycles. The summed E-state index contributed by atoms with van der Waals surface area (Å²) in [4.78, 5) is 15.0. The number of fused-ring (bicyclic) bond motifs is 3. The van der Waals surface area contributed by atoms with E-state index in [1.165, 1.54) is 0 Å². The number of carbonyl (C=O) groups is 1. The number of ether oxygens (including phenoxy) is 2. The van der Waals surface area contributed by atoms with Gasteiger partial charge in [-0.1, -0.05) is 37.6 Å². The largest absolute Gasteiger partial charge is 0.508 e. The third kappa shape index (κ3) is 5.99. The summed E-state index contributed by atoms with van der Waals surface area (Å²) >= 11 is 0. The number of unbranched alkanes of at least 4 members (excludes halogenated alkanes) is 1. The van der Waals surface area contributed by atoms with E-state index >= 15 is 0 Å². The molecule has 3 fully saturated rings. The third-order valence-corrected chi connectivity index (χ3v) is 7.18. The summed E-state index contributed by atoms with van der Waals surface area (Å²) in [5, 5.41) is 9.59. The van der Waals surface area contributed by atoms with E-state index in [0.717, 1.165) is 68.5 Å². The molecular formula is C27H37N2O4+. The fraction of sp³-hybridized carbons (Fsp3) is 0.519. The Labute approximate surface area is 197 Å². The topological polar surface area (TPSA) is 59.0 Å². The molecule has 0 saturated carbocycles. The SMILES string of the molecule is CCCCN(C(=O)O[C@H]1C[N+]2(CCCOc3cccc(O)c3)CCC1CC2)c1ccccc1. The van der Waals surface area contributed by atoms with Gasteiger partial charge >= 0.3 is 6.09 Å². The lowest BCUT2D eigenvalue weighted by molar-refractivity contribution is -0.946. The van der Waals surface area contributed by atoms with Crippen molar-refractivity contribution in [1.29, 1.82) is 0 Å². The van der Waals surface area contributed by atoms with E-state index in [0.29, 0.717) is 24.8 Å². The molecule has 6 nitrogen and oxygen atoms in total. The maximum absolute atomic E-state index is 13.2. The maximum Gasteiger partial charge on any atom is 0.414 e. The Morgan fingerprint density at radius 1 is 1.09 bits per heavy atom. The van der Waals surface area contributed by atoms with Crippen LogP contribution in [0.4, 0.5) is 10.5 Å². The van der Waals surface area contributed by atoms with Crippen molar-refractivity contribution < 1.29 is 23.9 Å². The summed E-state index contributed by atoms with van der Waals surface area (Å²) in [6.07, 6.45) is 4.94. The Bertz CT molecular complexity index is 896. The van der Waals surface area contributed by atoms with Crippen molar-refractivity contribution in [2.24, 2.45) is 5.92 Å². The van der Waals surface area contributed by atoms with Gasteiger partial charge in [0.25, 0.3) is 0 Å². The minimum atomic E-state index is -0.209. The smallest absolute Gasteiger partial charge is 0.414 e. The monoisotopic (exact) mass is 453 g/mol. The molecule has 1 atom stereocenters. The maximum atomic E-state index is 13.2. The highest BCUT2D eigenvalue weighted by atomic mass is 16.6. The van der Waals surface area contributed by atoms with Gasteiger partial charge in [-0.25, -0.2) is 4.79 Å². The molecule has 2 aromatic rings. The van der Waals surface area contributed by atoms with Gasteiger partial charge in [-0.15, -0.1) is 0 Å². The van der Waals surface area contributed by atoms with Gasteiger partial charge in [0, 0.05) is 43.5 Å². The van der Waals surface area contributed by atoms with Crippen LogP contribution in [0.25, 0.3) is 0 Å². The molecule has 0 radical (unpaired) electrons. The number of quaternary nitrogens is 1. The lowest BCUT2D eigenvalue weighted by atomic mass is 9.83. The Morgan fingerprint density at radius 2 is 1.88 bits per heavy atom. The van der Waals surface area contributed by atoms with Crippen LogP contribution in [0.15, 0.2) is 54.6 Å². The van der Waals surface area contributed by atoms with E-state index in [9.17, 15) is 9.90 Å². The Morgan fingerprint density at radius 3 is 2.61 bits per heavy atom. The molecule has 2 aromatic carbocycles. The quantitative estimate of drug-likeness (QED) is 0.396. The van der Waals surface area contributed by atoms with Gasteiger partial charge in [-0.2, -0.15) is 0 Å². The van der Waals surface area contributed by atoms with Gasteiger partial charge in [-0.05, 0) is 30.7 Å². The number of aromatic hydroxyl groups is 1. The normalized spacial score (nSPS) is 23.8. The average molecular weight is 454 g/mol. The highest BCUT2D eigenvalue weighted by molar-refractivity contribution is 5.87. The first-order chi connectivity index (χ1) is 16.1. The highest BCUT2D eigenvalue weighted by Crippen LogP contribution is 2.36. The first kappa shape index (κ1) is 23.4. The predicted octanol–water partition coefficient (Wildman–Crippen LogP) is 5.21. The van der Waals surface area contributed by atoms with Gasteiger partial charge in [0.05, 0.1) is 26.2 Å². The molecule has 1 N–H and O–H groups in total. The van der Waals surface area contributed by atoms with Crippen molar-refractivity contribution >= 4 is 11.8 Å². The van der Waals surface area contributed by atoms with Gasteiger partial charge in [0.1, 0.15) is 18.0 Å². The number of anilines is 1. The molecular weight excluding hydrogens is 416 g/mol. The molecule has 5 rings (SSSR count). The zero-order chi connectivity index (χ0) is 23.1. The summed E-state index contributed by atoms with van der Waals surface area (Å²) in [5.41, 5.74) is 0.908. The number of phenolic OH excluding ortho intramolecular Hbond substituents is 1. The Balaban J connectivity index is 1.32. The number of phenols is 1. The van der Waals surface area contributed by atoms with Crippen LogP contribution in [-0.2, 0) is 4.74 Å². The summed E-state index contributed by atoms with van der Waals surface area (Å²) in [7, 11) is 0. The van der Waals surface area contributed by atoms with Crippen molar-refractivity contribution in [3.8, 4) is 11.5 Å². The zero-order valence-corrected chi connectivity index (χ0v) is 19.7. The second kappa shape index (κ2) is 10.9.